The number of aliphatic imine (C=N–C) groups is 2. The van der Waals surface area contributed by atoms with E-state index in [1.807, 2.05) is 30.5 Å². The van der Waals surface area contributed by atoms with Crippen molar-refractivity contribution < 1.29 is 20.1 Å². The molecule has 0 bridgehead atoms. The van der Waals surface area contributed by atoms with Crippen LogP contribution in [-0.2, 0) is 20.1 Å². The van der Waals surface area contributed by atoms with Crippen molar-refractivity contribution in [3.8, 4) is 0 Å². The SMILES string of the molecule is CB1CN=CC(c2[c-]cccc2)=NC1.[Ir]. The molecule has 0 saturated heterocycles. The molecule has 0 aliphatic carbocycles. The third kappa shape index (κ3) is 3.40. The number of nitrogens with zero attached hydrogens (tertiary/aromatic N) is 2. The fraction of sp³-hybridized carbons (Fsp3) is 0.273. The van der Waals surface area contributed by atoms with Gasteiger partial charge in [-0.2, -0.15) is 0 Å². The van der Waals surface area contributed by atoms with E-state index >= 15 is 0 Å². The Bertz CT molecular complexity index is 362. The molecule has 1 aliphatic rings. The quantitative estimate of drug-likeness (QED) is 0.526. The van der Waals surface area contributed by atoms with Gasteiger partial charge in [-0.25, -0.2) is 0 Å². The molecule has 79 valence electrons. The molecular formula is C11H12BIrN2-. The van der Waals surface area contributed by atoms with Gasteiger partial charge in [-0.1, -0.05) is 6.82 Å². The molecule has 0 N–H and O–H groups in total. The minimum Gasteiger partial charge on any atom is -0.339 e. The summed E-state index contributed by atoms with van der Waals surface area (Å²) in [5, 5.41) is 0. The minimum absolute atomic E-state index is 0. The second kappa shape index (κ2) is 5.99. The largest absolute Gasteiger partial charge is 0.339 e. The molecule has 2 nitrogen and oxygen atoms in total. The van der Waals surface area contributed by atoms with Gasteiger partial charge in [0.15, 0.2) is 6.71 Å². The fourth-order valence-electron chi connectivity index (χ4n) is 1.38. The van der Waals surface area contributed by atoms with Crippen LogP contribution >= 0.6 is 0 Å². The van der Waals surface area contributed by atoms with Crippen LogP contribution in [0, 0.1) is 6.07 Å². The number of hydrogen-bond acceptors (Lipinski definition) is 2. The van der Waals surface area contributed by atoms with Crippen molar-refractivity contribution in [1.29, 1.82) is 0 Å². The third-order valence-corrected chi connectivity index (χ3v) is 2.19. The zero-order valence-electron chi connectivity index (χ0n) is 8.61. The molecule has 1 aromatic rings. The minimum atomic E-state index is 0. The van der Waals surface area contributed by atoms with Crippen LogP contribution in [0.2, 0.25) is 6.82 Å². The Morgan fingerprint density at radius 1 is 1.33 bits per heavy atom. The van der Waals surface area contributed by atoms with Gasteiger partial charge < -0.3 is 9.98 Å². The number of rotatable bonds is 1. The molecule has 4 heteroatoms. The van der Waals surface area contributed by atoms with Gasteiger partial charge >= 0.3 is 0 Å². The molecule has 0 unspecified atom stereocenters. The van der Waals surface area contributed by atoms with Crippen LogP contribution in [0.4, 0.5) is 0 Å². The monoisotopic (exact) mass is 376 g/mol. The van der Waals surface area contributed by atoms with Crippen molar-refractivity contribution >= 4 is 18.6 Å². The molecule has 0 saturated carbocycles. The summed E-state index contributed by atoms with van der Waals surface area (Å²) in [6.45, 7) is 2.71. The maximum absolute atomic E-state index is 4.51. The van der Waals surface area contributed by atoms with Crippen molar-refractivity contribution in [2.75, 3.05) is 12.9 Å². The molecule has 2 rings (SSSR count). The van der Waals surface area contributed by atoms with Crippen LogP contribution in [0.3, 0.4) is 0 Å². The van der Waals surface area contributed by atoms with Crippen molar-refractivity contribution in [2.45, 2.75) is 6.82 Å². The smallest absolute Gasteiger partial charge is 0.187 e. The second-order valence-electron chi connectivity index (χ2n) is 3.60. The van der Waals surface area contributed by atoms with Gasteiger partial charge in [-0.3, -0.25) is 0 Å². The second-order valence-corrected chi connectivity index (χ2v) is 3.60. The first-order valence-electron chi connectivity index (χ1n) is 4.87. The van der Waals surface area contributed by atoms with Gasteiger partial charge in [0.05, 0.1) is 0 Å². The third-order valence-electron chi connectivity index (χ3n) is 2.19. The Morgan fingerprint density at radius 2 is 2.20 bits per heavy atom. The first kappa shape index (κ1) is 12.3. The van der Waals surface area contributed by atoms with Crippen LogP contribution in [0.15, 0.2) is 34.3 Å². The summed E-state index contributed by atoms with van der Waals surface area (Å²) >= 11 is 0. The first-order valence-corrected chi connectivity index (χ1v) is 4.87. The maximum Gasteiger partial charge on any atom is 0.187 e. The summed E-state index contributed by atoms with van der Waals surface area (Å²) < 4.78 is 0. The predicted octanol–water partition coefficient (Wildman–Crippen LogP) is 1.56. The van der Waals surface area contributed by atoms with Crippen LogP contribution in [0.25, 0.3) is 0 Å². The molecule has 0 spiro atoms. The van der Waals surface area contributed by atoms with Gasteiger partial charge in [0, 0.05) is 39.2 Å². The van der Waals surface area contributed by atoms with E-state index in [4.69, 9.17) is 0 Å². The Balaban J connectivity index is 0.00000112. The van der Waals surface area contributed by atoms with Crippen molar-refractivity contribution in [2.24, 2.45) is 9.98 Å². The van der Waals surface area contributed by atoms with Gasteiger partial charge in [0.2, 0.25) is 0 Å². The van der Waals surface area contributed by atoms with Crippen LogP contribution < -0.4 is 0 Å². The van der Waals surface area contributed by atoms with Gasteiger partial charge in [0.25, 0.3) is 0 Å². The first-order chi connectivity index (χ1) is 6.86. The van der Waals surface area contributed by atoms with E-state index in [1.54, 1.807) is 0 Å². The average Bonchev–Trinajstić information content (AvgIpc) is 2.44. The van der Waals surface area contributed by atoms with E-state index in [0.717, 1.165) is 24.2 Å². The molecule has 0 aromatic heterocycles. The predicted molar refractivity (Wildman–Crippen MR) is 61.7 cm³/mol. The van der Waals surface area contributed by atoms with Gasteiger partial charge in [-0.05, 0) is 5.71 Å². The Hall–Kier alpha value is -0.726. The van der Waals surface area contributed by atoms with Crippen LogP contribution in [0.1, 0.15) is 5.56 Å². The molecule has 1 aliphatic heterocycles. The number of hydrogen-bond donors (Lipinski definition) is 0. The van der Waals surface area contributed by atoms with Crippen molar-refractivity contribution in [1.82, 2.24) is 0 Å². The Kier molecular flexibility index (Phi) is 4.93. The van der Waals surface area contributed by atoms with E-state index in [0.29, 0.717) is 6.71 Å². The summed E-state index contributed by atoms with van der Waals surface area (Å²) in [7, 11) is 0. The molecule has 0 amide bonds. The van der Waals surface area contributed by atoms with E-state index in [-0.39, 0.29) is 20.1 Å². The summed E-state index contributed by atoms with van der Waals surface area (Å²) in [4.78, 5) is 8.84. The number of benzene rings is 1. The summed E-state index contributed by atoms with van der Waals surface area (Å²) in [5.74, 6) is 0. The summed E-state index contributed by atoms with van der Waals surface area (Å²) in [6, 6.07) is 11.0. The van der Waals surface area contributed by atoms with E-state index in [2.05, 4.69) is 22.9 Å². The molecular weight excluding hydrogens is 363 g/mol. The zero-order chi connectivity index (χ0) is 9.80. The van der Waals surface area contributed by atoms with E-state index < -0.39 is 0 Å². The fourth-order valence-corrected chi connectivity index (χ4v) is 1.38. The summed E-state index contributed by atoms with van der Waals surface area (Å²) in [6.07, 6.45) is 3.59. The van der Waals surface area contributed by atoms with Gasteiger partial charge in [-0.15, -0.1) is 35.9 Å². The normalized spacial score (nSPS) is 15.3. The Labute approximate surface area is 104 Å². The van der Waals surface area contributed by atoms with Crippen molar-refractivity contribution in [3.05, 3.63) is 35.9 Å². The molecule has 0 fully saturated rings. The maximum atomic E-state index is 4.51. The standard InChI is InChI=1S/C11H12BN2.Ir/c1-12-8-13-7-11(14-9-12)10-5-3-2-4-6-10;/h2-5,7H,8-9H2,1H3;/q-1;. The summed E-state index contributed by atoms with van der Waals surface area (Å²) in [5.41, 5.74) is 1.99. The molecule has 0 atom stereocenters. The van der Waals surface area contributed by atoms with E-state index in [9.17, 15) is 0 Å². The molecule has 15 heavy (non-hydrogen) atoms. The van der Waals surface area contributed by atoms with Crippen LogP contribution in [0.5, 0.6) is 0 Å². The topological polar surface area (TPSA) is 24.7 Å². The zero-order valence-corrected chi connectivity index (χ0v) is 11.0. The average molecular weight is 375 g/mol. The van der Waals surface area contributed by atoms with E-state index in [1.165, 1.54) is 0 Å². The molecule has 1 radical (unpaired) electrons. The Morgan fingerprint density at radius 3 is 2.93 bits per heavy atom. The molecule has 1 heterocycles. The van der Waals surface area contributed by atoms with Crippen LogP contribution in [-0.4, -0.2) is 31.5 Å². The molecule has 1 aromatic carbocycles. The van der Waals surface area contributed by atoms with Gasteiger partial charge in [0.1, 0.15) is 0 Å². The van der Waals surface area contributed by atoms with Crippen molar-refractivity contribution in [3.63, 3.8) is 0 Å².